The molecule has 19 heavy (non-hydrogen) atoms. The third kappa shape index (κ3) is 4.97. The van der Waals surface area contributed by atoms with Crippen LogP contribution < -0.4 is 10.0 Å². The molecule has 1 aromatic heterocycles. The summed E-state index contributed by atoms with van der Waals surface area (Å²) in [5, 5.41) is 3.28. The molecule has 1 heterocycles. The molecule has 1 aromatic rings. The molecule has 0 aliphatic heterocycles. The molecule has 2 N–H and O–H groups in total. The summed E-state index contributed by atoms with van der Waals surface area (Å²) >= 11 is 0. The lowest BCUT2D eigenvalue weighted by atomic mass is 10.1. The third-order valence-corrected chi connectivity index (χ3v) is 4.25. The summed E-state index contributed by atoms with van der Waals surface area (Å²) in [5.74, 6) is 0. The molecule has 5 nitrogen and oxygen atoms in total. The molecule has 1 rings (SSSR count). The van der Waals surface area contributed by atoms with Crippen LogP contribution in [-0.4, -0.2) is 24.6 Å². The first-order valence-electron chi connectivity index (χ1n) is 6.44. The highest BCUT2D eigenvalue weighted by atomic mass is 32.2. The van der Waals surface area contributed by atoms with Gasteiger partial charge >= 0.3 is 0 Å². The van der Waals surface area contributed by atoms with Crippen LogP contribution >= 0.6 is 0 Å². The van der Waals surface area contributed by atoms with E-state index in [1.165, 1.54) is 0 Å². The Kier molecular flexibility index (Phi) is 4.81. The van der Waals surface area contributed by atoms with Gasteiger partial charge in [-0.3, -0.25) is 0 Å². The Balaban J connectivity index is 2.94. The Morgan fingerprint density at radius 2 is 1.89 bits per heavy atom. The van der Waals surface area contributed by atoms with Crippen molar-refractivity contribution in [3.63, 3.8) is 0 Å². The van der Waals surface area contributed by atoms with Gasteiger partial charge in [-0.05, 0) is 26.8 Å². The predicted molar refractivity (Wildman–Crippen MR) is 77.5 cm³/mol. The van der Waals surface area contributed by atoms with Gasteiger partial charge in [-0.2, -0.15) is 0 Å². The monoisotopic (exact) mass is 287 g/mol. The third-order valence-electron chi connectivity index (χ3n) is 2.53. The highest BCUT2D eigenvalue weighted by molar-refractivity contribution is 7.89. The van der Waals surface area contributed by atoms with Crippen LogP contribution in [0.25, 0.3) is 0 Å². The normalized spacial score (nSPS) is 13.2. The maximum Gasteiger partial charge on any atom is 0.242 e. The van der Waals surface area contributed by atoms with Gasteiger partial charge in [-0.15, -0.1) is 0 Å². The van der Waals surface area contributed by atoms with Crippen molar-refractivity contribution < 1.29 is 8.42 Å². The molecule has 0 aliphatic rings. The molecule has 0 aliphatic carbocycles. The lowest BCUT2D eigenvalue weighted by Crippen LogP contribution is -2.40. The lowest BCUT2D eigenvalue weighted by molar-refractivity contribution is 0.491. The van der Waals surface area contributed by atoms with Gasteiger partial charge in [-0.25, -0.2) is 13.1 Å². The van der Waals surface area contributed by atoms with Gasteiger partial charge in [0.25, 0.3) is 0 Å². The van der Waals surface area contributed by atoms with E-state index in [1.807, 2.05) is 32.4 Å². The quantitative estimate of drug-likeness (QED) is 0.864. The Morgan fingerprint density at radius 1 is 1.32 bits per heavy atom. The smallest absolute Gasteiger partial charge is 0.242 e. The Bertz CT molecular complexity index is 525. The second-order valence-corrected chi connectivity index (χ2v) is 7.85. The van der Waals surface area contributed by atoms with Crippen molar-refractivity contribution in [2.75, 3.05) is 0 Å². The number of aromatic nitrogens is 1. The first-order chi connectivity index (χ1) is 8.51. The van der Waals surface area contributed by atoms with Gasteiger partial charge in [0.15, 0.2) is 0 Å². The van der Waals surface area contributed by atoms with Gasteiger partial charge in [0.1, 0.15) is 0 Å². The molecule has 0 saturated carbocycles. The standard InChI is InChI=1S/C13H25N3O2S/c1-10(2)14-8-11-7-12(9-16(11)6)19(17,18)15-13(3,4)5/h7,9-10,14-15H,8H2,1-6H3. The van der Waals surface area contributed by atoms with Crippen molar-refractivity contribution in [1.82, 2.24) is 14.6 Å². The second kappa shape index (κ2) is 5.64. The molecule has 0 radical (unpaired) electrons. The Morgan fingerprint density at radius 3 is 2.37 bits per heavy atom. The Labute approximate surface area is 116 Å². The molecular formula is C13H25N3O2S. The first-order valence-corrected chi connectivity index (χ1v) is 7.92. The van der Waals surface area contributed by atoms with E-state index < -0.39 is 15.6 Å². The summed E-state index contributed by atoms with van der Waals surface area (Å²) in [6.45, 7) is 10.3. The van der Waals surface area contributed by atoms with Crippen molar-refractivity contribution >= 4 is 10.0 Å². The summed E-state index contributed by atoms with van der Waals surface area (Å²) < 4.78 is 28.9. The molecule has 6 heteroatoms. The van der Waals surface area contributed by atoms with Crippen LogP contribution in [0.15, 0.2) is 17.2 Å². The van der Waals surface area contributed by atoms with Gasteiger partial charge in [-0.1, -0.05) is 13.8 Å². The summed E-state index contributed by atoms with van der Waals surface area (Å²) in [4.78, 5) is 0.311. The van der Waals surface area contributed by atoms with Crippen LogP contribution in [0.5, 0.6) is 0 Å². The molecule has 0 bridgehead atoms. The van der Waals surface area contributed by atoms with Crippen LogP contribution in [-0.2, 0) is 23.6 Å². The topological polar surface area (TPSA) is 63.1 Å². The average Bonchev–Trinajstić information content (AvgIpc) is 2.54. The van der Waals surface area contributed by atoms with Crippen molar-refractivity contribution in [3.8, 4) is 0 Å². The average molecular weight is 287 g/mol. The van der Waals surface area contributed by atoms with Gasteiger partial charge in [0.2, 0.25) is 10.0 Å². The molecule has 0 atom stereocenters. The van der Waals surface area contributed by atoms with E-state index in [1.54, 1.807) is 12.3 Å². The minimum atomic E-state index is -3.46. The van der Waals surface area contributed by atoms with E-state index in [4.69, 9.17) is 0 Å². The van der Waals surface area contributed by atoms with E-state index in [2.05, 4.69) is 23.9 Å². The van der Waals surface area contributed by atoms with E-state index in [0.29, 0.717) is 17.5 Å². The predicted octanol–water partition coefficient (Wildman–Crippen LogP) is 1.60. The van der Waals surface area contributed by atoms with Gasteiger partial charge in [0.05, 0.1) is 4.90 Å². The maximum absolute atomic E-state index is 12.2. The minimum Gasteiger partial charge on any atom is -0.352 e. The van der Waals surface area contributed by atoms with Crippen molar-refractivity contribution in [3.05, 3.63) is 18.0 Å². The summed E-state index contributed by atoms with van der Waals surface area (Å²) in [5.41, 5.74) is 0.466. The summed E-state index contributed by atoms with van der Waals surface area (Å²) in [6.07, 6.45) is 1.64. The molecule has 0 aromatic carbocycles. The number of hydrogen-bond donors (Lipinski definition) is 2. The molecule has 0 saturated heterocycles. The van der Waals surface area contributed by atoms with Crippen molar-refractivity contribution in [2.45, 2.75) is 57.6 Å². The van der Waals surface area contributed by atoms with Crippen molar-refractivity contribution in [2.24, 2.45) is 7.05 Å². The Hall–Kier alpha value is -0.850. The molecule has 0 fully saturated rings. The molecule has 0 spiro atoms. The number of aryl methyl sites for hydroxylation is 1. The molecule has 110 valence electrons. The fourth-order valence-corrected chi connectivity index (χ4v) is 3.18. The molecule has 0 amide bonds. The minimum absolute atomic E-state index is 0.311. The number of rotatable bonds is 5. The van der Waals surface area contributed by atoms with E-state index in [9.17, 15) is 8.42 Å². The maximum atomic E-state index is 12.2. The number of nitrogens with zero attached hydrogens (tertiary/aromatic N) is 1. The van der Waals surface area contributed by atoms with E-state index >= 15 is 0 Å². The molecule has 0 unspecified atom stereocenters. The van der Waals surface area contributed by atoms with Crippen molar-refractivity contribution in [1.29, 1.82) is 0 Å². The number of sulfonamides is 1. The van der Waals surface area contributed by atoms with Gasteiger partial charge < -0.3 is 9.88 Å². The fourth-order valence-electron chi connectivity index (χ4n) is 1.67. The van der Waals surface area contributed by atoms with E-state index in [-0.39, 0.29) is 0 Å². The largest absolute Gasteiger partial charge is 0.352 e. The van der Waals surface area contributed by atoms with Crippen LogP contribution in [0.4, 0.5) is 0 Å². The zero-order chi connectivity index (χ0) is 14.8. The van der Waals surface area contributed by atoms with Crippen LogP contribution in [0.2, 0.25) is 0 Å². The first kappa shape index (κ1) is 16.2. The van der Waals surface area contributed by atoms with Crippen LogP contribution in [0.3, 0.4) is 0 Å². The second-order valence-electron chi connectivity index (χ2n) is 6.17. The number of nitrogens with one attached hydrogen (secondary N) is 2. The highest BCUT2D eigenvalue weighted by Gasteiger charge is 2.23. The summed E-state index contributed by atoms with van der Waals surface area (Å²) in [6, 6.07) is 2.08. The number of hydrogen-bond acceptors (Lipinski definition) is 3. The van der Waals surface area contributed by atoms with Gasteiger partial charge in [0, 0.05) is 37.1 Å². The SMILES string of the molecule is CC(C)NCc1cc(S(=O)(=O)NC(C)(C)C)cn1C. The van der Waals surface area contributed by atoms with Crippen LogP contribution in [0.1, 0.15) is 40.3 Å². The van der Waals surface area contributed by atoms with E-state index in [0.717, 1.165) is 5.69 Å². The summed E-state index contributed by atoms with van der Waals surface area (Å²) in [7, 11) is -1.60. The molecular weight excluding hydrogens is 262 g/mol. The zero-order valence-corrected chi connectivity index (χ0v) is 13.4. The lowest BCUT2D eigenvalue weighted by Gasteiger charge is -2.19. The highest BCUT2D eigenvalue weighted by Crippen LogP contribution is 2.16. The fraction of sp³-hybridized carbons (Fsp3) is 0.692. The zero-order valence-electron chi connectivity index (χ0n) is 12.6. The van der Waals surface area contributed by atoms with Crippen LogP contribution in [0, 0.1) is 0 Å².